The summed E-state index contributed by atoms with van der Waals surface area (Å²) in [6.07, 6.45) is 0. The molecule has 0 spiro atoms. The maximum atomic E-state index is 6.65. The molecule has 0 aliphatic heterocycles. The van der Waals surface area contributed by atoms with Crippen molar-refractivity contribution in [2.45, 2.75) is 0 Å². The SMILES string of the molecule is c1ccc(-n2c3ccccc3c3c4c(-c5ccc(-c6cccc(-n7c8ccccc8c8ccccc87)c6)cc5)cccc4oc32)cc1. The zero-order chi connectivity index (χ0) is 30.9. The Morgan fingerprint density at radius 3 is 1.66 bits per heavy atom. The Bertz CT molecular complexity index is 2720. The van der Waals surface area contributed by atoms with Crippen LogP contribution in [0, 0.1) is 0 Å². The molecule has 0 bridgehead atoms. The minimum atomic E-state index is 0.873. The highest BCUT2D eigenvalue weighted by Gasteiger charge is 2.21. The van der Waals surface area contributed by atoms with Gasteiger partial charge in [0.05, 0.1) is 21.9 Å². The van der Waals surface area contributed by atoms with Crippen LogP contribution in [0.25, 0.3) is 88.4 Å². The molecule has 10 aromatic rings. The van der Waals surface area contributed by atoms with Gasteiger partial charge in [-0.05, 0) is 70.8 Å². The summed E-state index contributed by atoms with van der Waals surface area (Å²) in [5.74, 6) is 0. The fourth-order valence-electron chi connectivity index (χ4n) is 7.47. The number of hydrogen-bond acceptors (Lipinski definition) is 1. The molecule has 7 aromatic carbocycles. The zero-order valence-electron chi connectivity index (χ0n) is 25.5. The fourth-order valence-corrected chi connectivity index (χ4v) is 7.47. The third kappa shape index (κ3) is 3.87. The standard InChI is InChI=1S/C44H28N2O/c1-2-13-32(14-3-1)46-40-22-9-6-18-37(40)43-42-34(19-11-23-41(42)47-44(43)46)30-26-24-29(25-27-30)31-12-10-15-33(28-31)45-38-20-7-4-16-35(38)36-17-5-8-21-39(36)45/h1-28H. The second kappa shape index (κ2) is 10.1. The van der Waals surface area contributed by atoms with Gasteiger partial charge < -0.3 is 8.98 Å². The molecule has 3 aromatic heterocycles. The molecule has 3 nitrogen and oxygen atoms in total. The van der Waals surface area contributed by atoms with Crippen LogP contribution >= 0.6 is 0 Å². The summed E-state index contributed by atoms with van der Waals surface area (Å²) >= 11 is 0. The number of hydrogen-bond donors (Lipinski definition) is 0. The molecule has 0 fully saturated rings. The van der Waals surface area contributed by atoms with Gasteiger partial charge in [0, 0.05) is 32.9 Å². The molecule has 0 radical (unpaired) electrons. The molecule has 220 valence electrons. The van der Waals surface area contributed by atoms with Crippen LogP contribution in [-0.4, -0.2) is 9.13 Å². The maximum Gasteiger partial charge on any atom is 0.213 e. The summed E-state index contributed by atoms with van der Waals surface area (Å²) in [7, 11) is 0. The number of aromatic nitrogens is 2. The first kappa shape index (κ1) is 26.0. The van der Waals surface area contributed by atoms with Crippen LogP contribution in [0.2, 0.25) is 0 Å². The van der Waals surface area contributed by atoms with Gasteiger partial charge in [-0.3, -0.25) is 4.57 Å². The lowest BCUT2D eigenvalue weighted by Gasteiger charge is -2.11. The lowest BCUT2D eigenvalue weighted by atomic mass is 9.96. The molecule has 0 amide bonds. The van der Waals surface area contributed by atoms with E-state index in [4.69, 9.17) is 4.42 Å². The first-order valence-corrected chi connectivity index (χ1v) is 16.0. The molecule has 0 aliphatic carbocycles. The summed E-state index contributed by atoms with van der Waals surface area (Å²) < 4.78 is 11.3. The minimum absolute atomic E-state index is 0.873. The maximum absolute atomic E-state index is 6.65. The van der Waals surface area contributed by atoms with E-state index in [1.807, 2.05) is 6.07 Å². The highest BCUT2D eigenvalue weighted by atomic mass is 16.3. The molecule has 0 N–H and O–H groups in total. The molecule has 0 saturated carbocycles. The summed E-state index contributed by atoms with van der Waals surface area (Å²) in [6.45, 7) is 0. The molecule has 10 rings (SSSR count). The van der Waals surface area contributed by atoms with Gasteiger partial charge in [-0.15, -0.1) is 0 Å². The molecule has 0 saturated heterocycles. The molecule has 0 atom stereocenters. The monoisotopic (exact) mass is 600 g/mol. The first-order valence-electron chi connectivity index (χ1n) is 16.0. The van der Waals surface area contributed by atoms with Crippen molar-refractivity contribution in [2.24, 2.45) is 0 Å². The number of nitrogens with zero attached hydrogens (tertiary/aromatic N) is 2. The van der Waals surface area contributed by atoms with Gasteiger partial charge in [0.1, 0.15) is 5.58 Å². The molecular weight excluding hydrogens is 572 g/mol. The van der Waals surface area contributed by atoms with Crippen molar-refractivity contribution in [3.8, 4) is 33.6 Å². The first-order chi connectivity index (χ1) is 23.3. The van der Waals surface area contributed by atoms with Crippen molar-refractivity contribution >= 4 is 54.8 Å². The van der Waals surface area contributed by atoms with E-state index >= 15 is 0 Å². The largest absolute Gasteiger partial charge is 0.439 e. The van der Waals surface area contributed by atoms with Crippen molar-refractivity contribution in [1.82, 2.24) is 9.13 Å². The van der Waals surface area contributed by atoms with Gasteiger partial charge >= 0.3 is 0 Å². The summed E-state index contributed by atoms with van der Waals surface area (Å²) in [5.41, 5.74) is 12.3. The van der Waals surface area contributed by atoms with E-state index in [-0.39, 0.29) is 0 Å². The third-order valence-corrected chi connectivity index (χ3v) is 9.54. The van der Waals surface area contributed by atoms with Crippen molar-refractivity contribution in [3.63, 3.8) is 0 Å². The lowest BCUT2D eigenvalue weighted by Crippen LogP contribution is -1.94. The van der Waals surface area contributed by atoms with Crippen molar-refractivity contribution in [2.75, 3.05) is 0 Å². The average Bonchev–Trinajstić information content (AvgIpc) is 3.79. The van der Waals surface area contributed by atoms with E-state index in [1.165, 1.54) is 43.9 Å². The topological polar surface area (TPSA) is 23.0 Å². The predicted molar refractivity (Wildman–Crippen MR) is 196 cm³/mol. The Morgan fingerprint density at radius 1 is 0.362 bits per heavy atom. The van der Waals surface area contributed by atoms with Crippen molar-refractivity contribution < 1.29 is 4.42 Å². The molecule has 0 unspecified atom stereocenters. The van der Waals surface area contributed by atoms with Crippen molar-refractivity contribution in [3.05, 3.63) is 170 Å². The smallest absolute Gasteiger partial charge is 0.213 e. The van der Waals surface area contributed by atoms with Crippen LogP contribution in [0.1, 0.15) is 0 Å². The lowest BCUT2D eigenvalue weighted by molar-refractivity contribution is 0.645. The van der Waals surface area contributed by atoms with E-state index in [9.17, 15) is 0 Å². The van der Waals surface area contributed by atoms with E-state index in [0.29, 0.717) is 0 Å². The van der Waals surface area contributed by atoms with Gasteiger partial charge in [0.25, 0.3) is 0 Å². The number of benzene rings is 7. The average molecular weight is 601 g/mol. The quantitative estimate of drug-likeness (QED) is 0.197. The second-order valence-corrected chi connectivity index (χ2v) is 12.1. The van der Waals surface area contributed by atoms with Crippen LogP contribution in [0.5, 0.6) is 0 Å². The van der Waals surface area contributed by atoms with E-state index in [0.717, 1.165) is 44.5 Å². The minimum Gasteiger partial charge on any atom is -0.439 e. The Labute approximate surface area is 271 Å². The summed E-state index contributed by atoms with van der Waals surface area (Å²) in [4.78, 5) is 0. The normalized spacial score (nSPS) is 11.8. The fraction of sp³-hybridized carbons (Fsp3) is 0. The van der Waals surface area contributed by atoms with Crippen LogP contribution in [0.3, 0.4) is 0 Å². The van der Waals surface area contributed by atoms with Gasteiger partial charge in [-0.1, -0.05) is 121 Å². The highest BCUT2D eigenvalue weighted by Crippen LogP contribution is 2.43. The van der Waals surface area contributed by atoms with Gasteiger partial charge in [0.2, 0.25) is 5.71 Å². The van der Waals surface area contributed by atoms with E-state index in [1.54, 1.807) is 0 Å². The number of rotatable bonds is 4. The van der Waals surface area contributed by atoms with E-state index in [2.05, 4.69) is 173 Å². The highest BCUT2D eigenvalue weighted by molar-refractivity contribution is 6.23. The second-order valence-electron chi connectivity index (χ2n) is 12.1. The molecule has 3 heteroatoms. The van der Waals surface area contributed by atoms with Crippen molar-refractivity contribution in [1.29, 1.82) is 0 Å². The van der Waals surface area contributed by atoms with Gasteiger partial charge in [-0.25, -0.2) is 0 Å². The molecule has 47 heavy (non-hydrogen) atoms. The predicted octanol–water partition coefficient (Wildman–Crippen LogP) is 12.0. The van der Waals surface area contributed by atoms with E-state index < -0.39 is 0 Å². The van der Waals surface area contributed by atoms with Gasteiger partial charge in [0.15, 0.2) is 0 Å². The zero-order valence-corrected chi connectivity index (χ0v) is 25.5. The Hall–Kier alpha value is -6.32. The Kier molecular flexibility index (Phi) is 5.57. The Morgan fingerprint density at radius 2 is 0.936 bits per heavy atom. The van der Waals surface area contributed by atoms with Crippen LogP contribution in [0.15, 0.2) is 174 Å². The number of fused-ring (bicyclic) bond motifs is 8. The Balaban J connectivity index is 1.10. The van der Waals surface area contributed by atoms with Crippen LogP contribution in [-0.2, 0) is 0 Å². The third-order valence-electron chi connectivity index (χ3n) is 9.54. The number of para-hydroxylation sites is 4. The van der Waals surface area contributed by atoms with Crippen LogP contribution in [0.4, 0.5) is 0 Å². The summed E-state index contributed by atoms with van der Waals surface area (Å²) in [5, 5.41) is 6.03. The molecular formula is C44H28N2O. The molecule has 3 heterocycles. The summed E-state index contributed by atoms with van der Waals surface area (Å²) in [6, 6.07) is 60.6. The molecule has 0 aliphatic rings. The van der Waals surface area contributed by atoms with Gasteiger partial charge in [-0.2, -0.15) is 0 Å². The van der Waals surface area contributed by atoms with Crippen LogP contribution < -0.4 is 0 Å². The number of furan rings is 1.